The van der Waals surface area contributed by atoms with Gasteiger partial charge in [-0.1, -0.05) is 0 Å². The summed E-state index contributed by atoms with van der Waals surface area (Å²) in [5, 5.41) is 29.0. The van der Waals surface area contributed by atoms with Gasteiger partial charge in [-0.2, -0.15) is 0 Å². The standard InChI is InChI=1S/C7H11BN2O3/c11-4-3-10-7-5-6(8(12)13)1-2-9-7/h1-2,5,11-13H,3-4H2,(H,9,10). The summed E-state index contributed by atoms with van der Waals surface area (Å²) in [7, 11) is -1.49. The number of rotatable bonds is 4. The van der Waals surface area contributed by atoms with E-state index in [1.165, 1.54) is 18.3 Å². The van der Waals surface area contributed by atoms with Crippen LogP contribution in [0.25, 0.3) is 0 Å². The molecular weight excluding hydrogens is 171 g/mol. The molecular formula is C7H11BN2O3. The molecule has 1 aromatic heterocycles. The lowest BCUT2D eigenvalue weighted by Crippen LogP contribution is -2.30. The Morgan fingerprint density at radius 3 is 2.85 bits per heavy atom. The zero-order valence-corrected chi connectivity index (χ0v) is 7.01. The van der Waals surface area contributed by atoms with Crippen molar-refractivity contribution in [2.24, 2.45) is 0 Å². The van der Waals surface area contributed by atoms with Gasteiger partial charge in [0.15, 0.2) is 0 Å². The normalized spacial score (nSPS) is 9.77. The van der Waals surface area contributed by atoms with Crippen molar-refractivity contribution in [1.29, 1.82) is 0 Å². The Bertz CT molecular complexity index is 270. The zero-order valence-electron chi connectivity index (χ0n) is 7.01. The quantitative estimate of drug-likeness (QED) is 0.411. The van der Waals surface area contributed by atoms with Crippen LogP contribution < -0.4 is 10.8 Å². The van der Waals surface area contributed by atoms with E-state index in [9.17, 15) is 0 Å². The van der Waals surface area contributed by atoms with Crippen LogP contribution in [-0.2, 0) is 0 Å². The van der Waals surface area contributed by atoms with Crippen molar-refractivity contribution in [2.75, 3.05) is 18.5 Å². The van der Waals surface area contributed by atoms with Gasteiger partial charge in [0, 0.05) is 12.7 Å². The lowest BCUT2D eigenvalue weighted by atomic mass is 9.81. The average molecular weight is 182 g/mol. The van der Waals surface area contributed by atoms with E-state index in [1.54, 1.807) is 0 Å². The van der Waals surface area contributed by atoms with Crippen molar-refractivity contribution >= 4 is 18.4 Å². The van der Waals surface area contributed by atoms with Gasteiger partial charge < -0.3 is 20.5 Å². The van der Waals surface area contributed by atoms with E-state index < -0.39 is 7.12 Å². The first kappa shape index (κ1) is 9.98. The van der Waals surface area contributed by atoms with Gasteiger partial charge in [-0.25, -0.2) is 4.98 Å². The van der Waals surface area contributed by atoms with Crippen LogP contribution in [0.5, 0.6) is 0 Å². The summed E-state index contributed by atoms with van der Waals surface area (Å²) in [6, 6.07) is 3.02. The van der Waals surface area contributed by atoms with Gasteiger partial charge in [0.05, 0.1) is 6.61 Å². The van der Waals surface area contributed by atoms with Crippen LogP contribution in [0.2, 0.25) is 0 Å². The molecule has 70 valence electrons. The summed E-state index contributed by atoms with van der Waals surface area (Å²) < 4.78 is 0. The Morgan fingerprint density at radius 1 is 1.46 bits per heavy atom. The van der Waals surface area contributed by atoms with Crippen LogP contribution in [-0.4, -0.2) is 40.4 Å². The number of hydrogen-bond donors (Lipinski definition) is 4. The highest BCUT2D eigenvalue weighted by atomic mass is 16.4. The van der Waals surface area contributed by atoms with Crippen molar-refractivity contribution in [1.82, 2.24) is 4.98 Å². The molecule has 0 aliphatic heterocycles. The second-order valence-electron chi connectivity index (χ2n) is 2.50. The van der Waals surface area contributed by atoms with Crippen molar-refractivity contribution in [2.45, 2.75) is 0 Å². The second-order valence-corrected chi connectivity index (χ2v) is 2.50. The molecule has 0 unspecified atom stereocenters. The molecule has 6 heteroatoms. The highest BCUT2D eigenvalue weighted by Crippen LogP contribution is 1.97. The fourth-order valence-electron chi connectivity index (χ4n) is 0.888. The number of anilines is 1. The van der Waals surface area contributed by atoms with Gasteiger partial charge in [0.25, 0.3) is 0 Å². The number of aliphatic hydroxyl groups excluding tert-OH is 1. The number of pyridine rings is 1. The third-order valence-electron chi connectivity index (χ3n) is 1.50. The van der Waals surface area contributed by atoms with Crippen LogP contribution in [0.4, 0.5) is 5.82 Å². The molecule has 1 rings (SSSR count). The zero-order chi connectivity index (χ0) is 9.68. The molecule has 0 atom stereocenters. The predicted octanol–water partition coefficient (Wildman–Crippen LogP) is -1.83. The van der Waals surface area contributed by atoms with E-state index in [2.05, 4.69) is 10.3 Å². The summed E-state index contributed by atoms with van der Waals surface area (Å²) in [5.74, 6) is 0.514. The first-order valence-electron chi connectivity index (χ1n) is 3.91. The van der Waals surface area contributed by atoms with Crippen molar-refractivity contribution < 1.29 is 15.2 Å². The topological polar surface area (TPSA) is 85.6 Å². The molecule has 0 radical (unpaired) electrons. The smallest absolute Gasteiger partial charge is 0.423 e. The first-order chi connectivity index (χ1) is 6.24. The minimum atomic E-state index is -1.49. The average Bonchev–Trinajstić information content (AvgIpc) is 2.15. The van der Waals surface area contributed by atoms with Gasteiger partial charge >= 0.3 is 7.12 Å². The van der Waals surface area contributed by atoms with E-state index in [4.69, 9.17) is 15.2 Å². The van der Waals surface area contributed by atoms with E-state index in [0.717, 1.165) is 0 Å². The molecule has 5 nitrogen and oxygen atoms in total. The third kappa shape index (κ3) is 3.02. The third-order valence-corrected chi connectivity index (χ3v) is 1.50. The van der Waals surface area contributed by atoms with Gasteiger partial charge in [-0.05, 0) is 17.6 Å². The molecule has 1 aromatic rings. The predicted molar refractivity (Wildman–Crippen MR) is 49.6 cm³/mol. The van der Waals surface area contributed by atoms with E-state index >= 15 is 0 Å². The molecule has 0 fully saturated rings. The summed E-state index contributed by atoms with van der Waals surface area (Å²) in [6.07, 6.45) is 1.47. The number of nitrogens with zero attached hydrogens (tertiary/aromatic N) is 1. The van der Waals surface area contributed by atoms with Gasteiger partial charge in [0.2, 0.25) is 0 Å². The molecule has 0 aliphatic rings. The maximum atomic E-state index is 8.82. The molecule has 13 heavy (non-hydrogen) atoms. The van der Waals surface area contributed by atoms with Crippen molar-refractivity contribution in [3.8, 4) is 0 Å². The Labute approximate surface area is 76.2 Å². The van der Waals surface area contributed by atoms with Gasteiger partial charge in [-0.3, -0.25) is 0 Å². The monoisotopic (exact) mass is 182 g/mol. The fraction of sp³-hybridized carbons (Fsp3) is 0.286. The summed E-state index contributed by atoms with van der Waals surface area (Å²) in [4.78, 5) is 3.91. The Balaban J connectivity index is 2.68. The summed E-state index contributed by atoms with van der Waals surface area (Å²) >= 11 is 0. The lowest BCUT2D eigenvalue weighted by molar-refractivity contribution is 0.311. The molecule has 0 saturated heterocycles. The fourth-order valence-corrected chi connectivity index (χ4v) is 0.888. The van der Waals surface area contributed by atoms with Gasteiger partial charge in [0.1, 0.15) is 5.82 Å². The number of aromatic nitrogens is 1. The van der Waals surface area contributed by atoms with Crippen LogP contribution in [0.1, 0.15) is 0 Å². The molecule has 0 amide bonds. The Morgan fingerprint density at radius 2 is 2.23 bits per heavy atom. The maximum absolute atomic E-state index is 8.82. The number of hydrogen-bond acceptors (Lipinski definition) is 5. The molecule has 0 bridgehead atoms. The molecule has 1 heterocycles. The number of nitrogens with one attached hydrogen (secondary N) is 1. The minimum Gasteiger partial charge on any atom is -0.423 e. The van der Waals surface area contributed by atoms with E-state index in [-0.39, 0.29) is 6.61 Å². The van der Waals surface area contributed by atoms with Crippen LogP contribution in [0.15, 0.2) is 18.3 Å². The van der Waals surface area contributed by atoms with E-state index in [1.807, 2.05) is 0 Å². The van der Waals surface area contributed by atoms with E-state index in [0.29, 0.717) is 17.8 Å². The van der Waals surface area contributed by atoms with Crippen molar-refractivity contribution in [3.05, 3.63) is 18.3 Å². The molecule has 0 spiro atoms. The van der Waals surface area contributed by atoms with Crippen LogP contribution in [0, 0.1) is 0 Å². The summed E-state index contributed by atoms with van der Waals surface area (Å²) in [5.41, 5.74) is 0.371. The second kappa shape index (κ2) is 4.81. The van der Waals surface area contributed by atoms with Crippen molar-refractivity contribution in [3.63, 3.8) is 0 Å². The lowest BCUT2D eigenvalue weighted by Gasteiger charge is -2.04. The maximum Gasteiger partial charge on any atom is 0.488 e. The molecule has 4 N–H and O–H groups in total. The first-order valence-corrected chi connectivity index (χ1v) is 3.91. The molecule has 0 aromatic carbocycles. The Hall–Kier alpha value is -1.11. The Kier molecular flexibility index (Phi) is 3.69. The van der Waals surface area contributed by atoms with Crippen LogP contribution >= 0.6 is 0 Å². The van der Waals surface area contributed by atoms with Crippen LogP contribution in [0.3, 0.4) is 0 Å². The minimum absolute atomic E-state index is 0.00753. The largest absolute Gasteiger partial charge is 0.488 e. The molecule has 0 saturated carbocycles. The van der Waals surface area contributed by atoms with Gasteiger partial charge in [-0.15, -0.1) is 0 Å². The SMILES string of the molecule is OCCNc1cc(B(O)O)ccn1. The summed E-state index contributed by atoms with van der Waals surface area (Å²) in [6.45, 7) is 0.394. The number of aliphatic hydroxyl groups is 1. The highest BCUT2D eigenvalue weighted by molar-refractivity contribution is 6.58. The molecule has 0 aliphatic carbocycles. The highest BCUT2D eigenvalue weighted by Gasteiger charge is 2.10.